The van der Waals surface area contributed by atoms with Gasteiger partial charge in [-0.05, 0) is 27.2 Å². The number of nitrogens with zero attached hydrogens (tertiary/aromatic N) is 2. The van der Waals surface area contributed by atoms with Gasteiger partial charge >= 0.3 is 6.09 Å². The Kier molecular flexibility index (Phi) is 3.20. The quantitative estimate of drug-likeness (QED) is 0.843. The lowest BCUT2D eigenvalue weighted by atomic mass is 9.86. The summed E-state index contributed by atoms with van der Waals surface area (Å²) in [6.45, 7) is 8.84. The van der Waals surface area contributed by atoms with Gasteiger partial charge in [-0.25, -0.2) is 4.79 Å². The molecule has 0 aromatic carbocycles. The van der Waals surface area contributed by atoms with E-state index in [1.165, 1.54) is 0 Å². The number of amides is 1. The van der Waals surface area contributed by atoms with Crippen LogP contribution in [-0.2, 0) is 10.2 Å². The van der Waals surface area contributed by atoms with Crippen LogP contribution in [0.4, 0.5) is 10.7 Å². The van der Waals surface area contributed by atoms with Crippen LogP contribution in [-0.4, -0.2) is 34.8 Å². The first kappa shape index (κ1) is 13.7. The zero-order valence-electron chi connectivity index (χ0n) is 11.9. The third-order valence-electron chi connectivity index (χ3n) is 3.27. The van der Waals surface area contributed by atoms with Crippen LogP contribution in [0.5, 0.6) is 0 Å². The maximum absolute atomic E-state index is 12.0. The molecule has 1 aromatic rings. The second-order valence-electron chi connectivity index (χ2n) is 6.33. The summed E-state index contributed by atoms with van der Waals surface area (Å²) >= 11 is 0. The summed E-state index contributed by atoms with van der Waals surface area (Å²) in [6, 6.07) is 1.72. The minimum Gasteiger partial charge on any atom is -0.444 e. The number of hydrogen-bond donors (Lipinski definition) is 1. The van der Waals surface area contributed by atoms with Crippen molar-refractivity contribution < 1.29 is 14.1 Å². The highest BCUT2D eigenvalue weighted by atomic mass is 16.6. The Morgan fingerprint density at radius 1 is 1.58 bits per heavy atom. The Hall–Kier alpha value is -1.72. The fourth-order valence-corrected chi connectivity index (χ4v) is 2.23. The van der Waals surface area contributed by atoms with Crippen molar-refractivity contribution in [1.29, 1.82) is 0 Å². The minimum absolute atomic E-state index is 0.224. The molecule has 0 bridgehead atoms. The summed E-state index contributed by atoms with van der Waals surface area (Å²) in [5, 5.41) is 3.96. The monoisotopic (exact) mass is 267 g/mol. The van der Waals surface area contributed by atoms with Crippen LogP contribution in [0.25, 0.3) is 0 Å². The molecular formula is C13H21N3O3. The van der Waals surface area contributed by atoms with E-state index in [1.54, 1.807) is 11.0 Å². The number of likely N-dealkylation sites (tertiary alicyclic amines) is 1. The molecule has 1 aliphatic heterocycles. The Balaban J connectivity index is 2.05. The van der Waals surface area contributed by atoms with Crippen LogP contribution in [0, 0.1) is 0 Å². The van der Waals surface area contributed by atoms with E-state index in [1.807, 2.05) is 20.8 Å². The summed E-state index contributed by atoms with van der Waals surface area (Å²) in [5.41, 5.74) is 5.63. The fraction of sp³-hybridized carbons (Fsp3) is 0.692. The van der Waals surface area contributed by atoms with Gasteiger partial charge in [-0.3, -0.25) is 0 Å². The van der Waals surface area contributed by atoms with E-state index in [9.17, 15) is 4.79 Å². The Labute approximate surface area is 112 Å². The number of aromatic nitrogens is 1. The normalized spacial score (nSPS) is 23.7. The van der Waals surface area contributed by atoms with Gasteiger partial charge in [-0.2, -0.15) is 0 Å². The van der Waals surface area contributed by atoms with Crippen molar-refractivity contribution in [3.05, 3.63) is 11.8 Å². The first-order valence-electron chi connectivity index (χ1n) is 6.40. The molecule has 6 heteroatoms. The predicted molar refractivity (Wildman–Crippen MR) is 70.7 cm³/mol. The average molecular weight is 267 g/mol. The molecule has 0 spiro atoms. The maximum Gasteiger partial charge on any atom is 0.410 e. The van der Waals surface area contributed by atoms with Gasteiger partial charge in [0.15, 0.2) is 0 Å². The number of nitrogens with two attached hydrogens (primary N) is 1. The van der Waals surface area contributed by atoms with Crippen molar-refractivity contribution in [3.8, 4) is 0 Å². The molecule has 0 saturated carbocycles. The van der Waals surface area contributed by atoms with Gasteiger partial charge in [0.2, 0.25) is 5.88 Å². The van der Waals surface area contributed by atoms with Crippen molar-refractivity contribution in [2.45, 2.75) is 45.1 Å². The number of nitrogen functional groups attached to an aromatic ring is 1. The van der Waals surface area contributed by atoms with Crippen LogP contribution >= 0.6 is 0 Å². The molecule has 2 N–H and O–H groups in total. The third kappa shape index (κ3) is 3.00. The van der Waals surface area contributed by atoms with Crippen molar-refractivity contribution in [2.24, 2.45) is 0 Å². The first-order chi connectivity index (χ1) is 8.70. The van der Waals surface area contributed by atoms with E-state index < -0.39 is 5.60 Å². The molecule has 1 amide bonds. The van der Waals surface area contributed by atoms with E-state index in [4.69, 9.17) is 15.0 Å². The van der Waals surface area contributed by atoms with E-state index in [2.05, 4.69) is 12.1 Å². The van der Waals surface area contributed by atoms with Gasteiger partial charge in [0.25, 0.3) is 0 Å². The van der Waals surface area contributed by atoms with Crippen molar-refractivity contribution in [2.75, 3.05) is 18.8 Å². The van der Waals surface area contributed by atoms with E-state index in [-0.39, 0.29) is 11.5 Å². The van der Waals surface area contributed by atoms with Gasteiger partial charge < -0.3 is 19.9 Å². The second kappa shape index (κ2) is 4.43. The minimum atomic E-state index is -0.478. The van der Waals surface area contributed by atoms with Crippen LogP contribution in [0.3, 0.4) is 0 Å². The first-order valence-corrected chi connectivity index (χ1v) is 6.40. The van der Waals surface area contributed by atoms with Crippen molar-refractivity contribution in [1.82, 2.24) is 10.1 Å². The number of rotatable bonds is 1. The standard InChI is InChI=1S/C13H21N3O3/c1-12(2,3)18-11(17)16-6-5-13(4,8-16)9-7-10(14)19-15-9/h7H,5-6,8,14H2,1-4H3. The van der Waals surface area contributed by atoms with Crippen LogP contribution in [0.1, 0.15) is 39.8 Å². The molecule has 1 saturated heterocycles. The molecular weight excluding hydrogens is 246 g/mol. The van der Waals surface area contributed by atoms with E-state index in [0.717, 1.165) is 12.1 Å². The highest BCUT2D eigenvalue weighted by Gasteiger charge is 2.41. The number of anilines is 1. The molecule has 1 atom stereocenters. The molecule has 2 heterocycles. The highest BCUT2D eigenvalue weighted by molar-refractivity contribution is 5.68. The molecule has 0 aliphatic carbocycles. The molecule has 1 unspecified atom stereocenters. The molecule has 6 nitrogen and oxygen atoms in total. The fourth-order valence-electron chi connectivity index (χ4n) is 2.23. The van der Waals surface area contributed by atoms with Crippen LogP contribution < -0.4 is 5.73 Å². The zero-order chi connectivity index (χ0) is 14.3. The molecule has 106 valence electrons. The largest absolute Gasteiger partial charge is 0.444 e. The molecule has 2 rings (SSSR count). The molecule has 0 radical (unpaired) electrons. The van der Waals surface area contributed by atoms with Gasteiger partial charge in [0.05, 0.1) is 5.69 Å². The Bertz CT molecular complexity index is 478. The van der Waals surface area contributed by atoms with Gasteiger partial charge in [0.1, 0.15) is 5.60 Å². The summed E-state index contributed by atoms with van der Waals surface area (Å²) in [6.07, 6.45) is 0.533. The van der Waals surface area contributed by atoms with E-state index in [0.29, 0.717) is 19.0 Å². The summed E-state index contributed by atoms with van der Waals surface area (Å²) < 4.78 is 10.3. The maximum atomic E-state index is 12.0. The van der Waals surface area contributed by atoms with Crippen LogP contribution in [0.15, 0.2) is 10.6 Å². The Morgan fingerprint density at radius 3 is 2.79 bits per heavy atom. The lowest BCUT2D eigenvalue weighted by Crippen LogP contribution is -2.37. The highest BCUT2D eigenvalue weighted by Crippen LogP contribution is 2.34. The number of ether oxygens (including phenoxy) is 1. The van der Waals surface area contributed by atoms with Gasteiger partial charge in [0, 0.05) is 24.6 Å². The van der Waals surface area contributed by atoms with Crippen LogP contribution in [0.2, 0.25) is 0 Å². The lowest BCUT2D eigenvalue weighted by Gasteiger charge is -2.26. The van der Waals surface area contributed by atoms with Crippen molar-refractivity contribution in [3.63, 3.8) is 0 Å². The summed E-state index contributed by atoms with van der Waals surface area (Å²) in [4.78, 5) is 13.7. The van der Waals surface area contributed by atoms with E-state index >= 15 is 0 Å². The number of carbonyl (C=O) groups excluding carboxylic acids is 1. The SMILES string of the molecule is CC(C)(C)OC(=O)N1CCC(C)(c2cc(N)on2)C1. The average Bonchev–Trinajstić information content (AvgIpc) is 2.83. The Morgan fingerprint density at radius 2 is 2.26 bits per heavy atom. The topological polar surface area (TPSA) is 81.6 Å². The lowest BCUT2D eigenvalue weighted by molar-refractivity contribution is 0.0285. The molecule has 1 aromatic heterocycles. The number of carbonyl (C=O) groups is 1. The summed E-state index contributed by atoms with van der Waals surface area (Å²) in [5.74, 6) is 0.298. The van der Waals surface area contributed by atoms with Gasteiger partial charge in [-0.1, -0.05) is 12.1 Å². The number of hydrogen-bond acceptors (Lipinski definition) is 5. The molecule has 1 fully saturated rings. The smallest absolute Gasteiger partial charge is 0.410 e. The predicted octanol–water partition coefficient (Wildman–Crippen LogP) is 2.16. The molecule has 19 heavy (non-hydrogen) atoms. The second-order valence-corrected chi connectivity index (χ2v) is 6.33. The molecule has 1 aliphatic rings. The van der Waals surface area contributed by atoms with Gasteiger partial charge in [-0.15, -0.1) is 0 Å². The van der Waals surface area contributed by atoms with Crippen molar-refractivity contribution >= 4 is 12.0 Å². The zero-order valence-corrected chi connectivity index (χ0v) is 11.9. The summed E-state index contributed by atoms with van der Waals surface area (Å²) in [7, 11) is 0. The third-order valence-corrected chi connectivity index (χ3v) is 3.27.